The number of benzene rings is 1. The molecule has 0 saturated heterocycles. The van der Waals surface area contributed by atoms with E-state index in [-0.39, 0.29) is 10.8 Å². The molecule has 2 aromatic heterocycles. The molecule has 0 fully saturated rings. The van der Waals surface area contributed by atoms with Gasteiger partial charge in [0.1, 0.15) is 5.02 Å². The zero-order valence-electron chi connectivity index (χ0n) is 16.5. The van der Waals surface area contributed by atoms with Crippen LogP contribution in [0.1, 0.15) is 11.1 Å². The molecular formula is C20H19ClF3N5O. The predicted molar refractivity (Wildman–Crippen MR) is 111 cm³/mol. The van der Waals surface area contributed by atoms with E-state index in [1.807, 2.05) is 43.3 Å². The van der Waals surface area contributed by atoms with Gasteiger partial charge in [-0.25, -0.2) is 4.98 Å². The van der Waals surface area contributed by atoms with E-state index in [1.54, 1.807) is 11.9 Å². The quantitative estimate of drug-likeness (QED) is 0.604. The van der Waals surface area contributed by atoms with Crippen molar-refractivity contribution in [2.75, 3.05) is 30.9 Å². The van der Waals surface area contributed by atoms with Crippen molar-refractivity contribution >= 4 is 23.0 Å². The van der Waals surface area contributed by atoms with Crippen LogP contribution in [0.5, 0.6) is 0 Å². The Labute approximate surface area is 176 Å². The molecule has 0 aliphatic rings. The minimum atomic E-state index is -4.52. The average molecular weight is 438 g/mol. The Morgan fingerprint density at radius 2 is 1.83 bits per heavy atom. The van der Waals surface area contributed by atoms with Gasteiger partial charge in [-0.05, 0) is 29.8 Å². The summed E-state index contributed by atoms with van der Waals surface area (Å²) in [6.45, 7) is 0.477. The molecule has 3 aromatic rings. The Morgan fingerprint density at radius 1 is 1.10 bits per heavy atom. The Hall–Kier alpha value is -3.07. The van der Waals surface area contributed by atoms with Crippen molar-refractivity contribution in [3.63, 3.8) is 0 Å². The molecule has 1 aromatic carbocycles. The number of hydrogen-bond acceptors (Lipinski definition) is 5. The van der Waals surface area contributed by atoms with E-state index in [2.05, 4.69) is 10.1 Å². The molecule has 3 rings (SSSR count). The molecule has 6 nitrogen and oxygen atoms in total. The molecule has 0 aliphatic heterocycles. The van der Waals surface area contributed by atoms with Gasteiger partial charge < -0.3 is 9.80 Å². The van der Waals surface area contributed by atoms with E-state index < -0.39 is 17.3 Å². The first-order valence-electron chi connectivity index (χ1n) is 8.87. The smallest absolute Gasteiger partial charge is 0.378 e. The Balaban J connectivity index is 1.87. The molecular weight excluding hydrogens is 419 g/mol. The third kappa shape index (κ3) is 4.56. The van der Waals surface area contributed by atoms with Crippen LogP contribution in [-0.4, -0.2) is 35.9 Å². The maximum absolute atomic E-state index is 12.7. The van der Waals surface area contributed by atoms with Gasteiger partial charge in [0.25, 0.3) is 5.56 Å². The van der Waals surface area contributed by atoms with Crippen LogP contribution in [0.2, 0.25) is 5.02 Å². The van der Waals surface area contributed by atoms with Gasteiger partial charge in [-0.15, -0.1) is 0 Å². The van der Waals surface area contributed by atoms with Gasteiger partial charge in [0, 0.05) is 39.6 Å². The van der Waals surface area contributed by atoms with Crippen LogP contribution in [0, 0.1) is 0 Å². The molecule has 0 spiro atoms. The van der Waals surface area contributed by atoms with Gasteiger partial charge in [0.05, 0.1) is 17.4 Å². The lowest BCUT2D eigenvalue weighted by molar-refractivity contribution is -0.137. The molecule has 2 heterocycles. The molecule has 0 N–H and O–H groups in total. The first-order valence-corrected chi connectivity index (χ1v) is 9.24. The standard InChI is InChI=1S/C20H19ClF3N5O/c1-27(2)15-6-4-5-13(9-15)12-28(3)16-11-26-29(19(30)18(16)21)17-8-7-14(10-25-17)20(22,23)24/h4-11H,12H2,1-3H3. The number of anilines is 2. The van der Waals surface area contributed by atoms with Crippen LogP contribution in [0.3, 0.4) is 0 Å². The van der Waals surface area contributed by atoms with Crippen LogP contribution in [0.15, 0.2) is 53.6 Å². The van der Waals surface area contributed by atoms with Gasteiger partial charge in [-0.1, -0.05) is 23.7 Å². The highest BCUT2D eigenvalue weighted by atomic mass is 35.5. The number of halogens is 4. The summed E-state index contributed by atoms with van der Waals surface area (Å²) in [5.74, 6) is -0.0530. The van der Waals surface area contributed by atoms with E-state index in [4.69, 9.17) is 11.6 Å². The molecule has 0 radical (unpaired) electrons. The molecule has 0 bridgehead atoms. The number of aromatic nitrogens is 3. The minimum absolute atomic E-state index is 0.0530. The van der Waals surface area contributed by atoms with Crippen molar-refractivity contribution in [1.29, 1.82) is 0 Å². The topological polar surface area (TPSA) is 54.3 Å². The van der Waals surface area contributed by atoms with Gasteiger partial charge in [-0.2, -0.15) is 23.0 Å². The monoisotopic (exact) mass is 437 g/mol. The predicted octanol–water partition coefficient (Wildman–Crippen LogP) is 4.00. The van der Waals surface area contributed by atoms with Crippen LogP contribution in [-0.2, 0) is 12.7 Å². The van der Waals surface area contributed by atoms with Crippen molar-refractivity contribution in [2.45, 2.75) is 12.7 Å². The van der Waals surface area contributed by atoms with E-state index >= 15 is 0 Å². The Bertz CT molecular complexity index is 1100. The highest BCUT2D eigenvalue weighted by Gasteiger charge is 2.30. The average Bonchev–Trinajstić information content (AvgIpc) is 2.69. The van der Waals surface area contributed by atoms with Crippen molar-refractivity contribution in [3.8, 4) is 5.82 Å². The lowest BCUT2D eigenvalue weighted by atomic mass is 10.2. The number of pyridine rings is 1. The fourth-order valence-corrected chi connectivity index (χ4v) is 3.10. The molecule has 10 heteroatoms. The summed E-state index contributed by atoms with van der Waals surface area (Å²) < 4.78 is 39.0. The second kappa shape index (κ2) is 8.35. The largest absolute Gasteiger partial charge is 0.417 e. The van der Waals surface area contributed by atoms with Crippen molar-refractivity contribution < 1.29 is 13.2 Å². The first kappa shape index (κ1) is 21.6. The zero-order valence-corrected chi connectivity index (χ0v) is 17.2. The normalized spacial score (nSPS) is 11.4. The van der Waals surface area contributed by atoms with E-state index in [1.165, 1.54) is 6.20 Å². The molecule has 0 saturated carbocycles. The highest BCUT2D eigenvalue weighted by Crippen LogP contribution is 2.29. The van der Waals surface area contributed by atoms with Crippen molar-refractivity contribution in [1.82, 2.24) is 14.8 Å². The van der Waals surface area contributed by atoms with Crippen LogP contribution >= 0.6 is 11.6 Å². The summed E-state index contributed by atoms with van der Waals surface area (Å²) in [6, 6.07) is 9.80. The van der Waals surface area contributed by atoms with Gasteiger partial charge >= 0.3 is 6.18 Å². The molecule has 0 atom stereocenters. The lowest BCUT2D eigenvalue weighted by Gasteiger charge is -2.21. The summed E-state index contributed by atoms with van der Waals surface area (Å²) in [5, 5.41) is 3.94. The first-order chi connectivity index (χ1) is 14.1. The molecule has 0 aliphatic carbocycles. The minimum Gasteiger partial charge on any atom is -0.378 e. The number of hydrogen-bond donors (Lipinski definition) is 0. The number of rotatable bonds is 5. The van der Waals surface area contributed by atoms with Crippen molar-refractivity contribution in [3.05, 3.63) is 75.3 Å². The lowest BCUT2D eigenvalue weighted by Crippen LogP contribution is -2.27. The van der Waals surface area contributed by atoms with E-state index in [0.717, 1.165) is 28.1 Å². The van der Waals surface area contributed by atoms with Gasteiger partial charge in [-0.3, -0.25) is 4.79 Å². The number of nitrogens with zero attached hydrogens (tertiary/aromatic N) is 5. The maximum atomic E-state index is 12.7. The summed E-state index contributed by atoms with van der Waals surface area (Å²) in [7, 11) is 5.66. The molecule has 0 amide bonds. The molecule has 0 unspecified atom stereocenters. The van der Waals surface area contributed by atoms with Crippen LogP contribution in [0.25, 0.3) is 5.82 Å². The second-order valence-electron chi connectivity index (χ2n) is 6.88. The second-order valence-corrected chi connectivity index (χ2v) is 7.26. The summed E-state index contributed by atoms with van der Waals surface area (Å²) in [6.07, 6.45) is -2.48. The molecule has 30 heavy (non-hydrogen) atoms. The maximum Gasteiger partial charge on any atom is 0.417 e. The third-order valence-electron chi connectivity index (χ3n) is 4.45. The molecule has 158 valence electrons. The Kier molecular flexibility index (Phi) is 6.02. The Morgan fingerprint density at radius 3 is 2.43 bits per heavy atom. The van der Waals surface area contributed by atoms with Gasteiger partial charge in [0.2, 0.25) is 0 Å². The SMILES string of the molecule is CN(C)c1cccc(CN(C)c2cnn(-c3ccc(C(F)(F)F)cn3)c(=O)c2Cl)c1. The summed E-state index contributed by atoms with van der Waals surface area (Å²) in [5.41, 5.74) is 0.861. The van der Waals surface area contributed by atoms with Gasteiger partial charge in [0.15, 0.2) is 5.82 Å². The van der Waals surface area contributed by atoms with E-state index in [0.29, 0.717) is 18.4 Å². The van der Waals surface area contributed by atoms with E-state index in [9.17, 15) is 18.0 Å². The van der Waals surface area contributed by atoms with Crippen molar-refractivity contribution in [2.24, 2.45) is 0 Å². The zero-order chi connectivity index (χ0) is 22.1. The summed E-state index contributed by atoms with van der Waals surface area (Å²) >= 11 is 6.26. The fourth-order valence-electron chi connectivity index (χ4n) is 2.82. The van der Waals surface area contributed by atoms with Crippen LogP contribution in [0.4, 0.5) is 24.5 Å². The highest BCUT2D eigenvalue weighted by molar-refractivity contribution is 6.33. The summed E-state index contributed by atoms with van der Waals surface area (Å²) in [4.78, 5) is 20.1. The van der Waals surface area contributed by atoms with Crippen LogP contribution < -0.4 is 15.4 Å². The number of alkyl halides is 3. The third-order valence-corrected chi connectivity index (χ3v) is 4.81. The fraction of sp³-hybridized carbons (Fsp3) is 0.250.